The lowest BCUT2D eigenvalue weighted by molar-refractivity contribution is 0.360. The van der Waals surface area contributed by atoms with Crippen LogP contribution in [0, 0.1) is 34.0 Å². The molecule has 0 aliphatic carbocycles. The molecule has 0 saturated heterocycles. The van der Waals surface area contributed by atoms with Crippen LogP contribution in [-0.2, 0) is 0 Å². The SMILES string of the molecule is CCC(CC#N)c1cc(C#N)ccc1OCC#N. The maximum absolute atomic E-state index is 8.91. The highest BCUT2D eigenvalue weighted by atomic mass is 16.5. The van der Waals surface area contributed by atoms with Crippen LogP contribution in [-0.4, -0.2) is 6.61 Å². The van der Waals surface area contributed by atoms with E-state index in [-0.39, 0.29) is 12.5 Å². The van der Waals surface area contributed by atoms with Gasteiger partial charge in [0.15, 0.2) is 6.61 Å². The monoisotopic (exact) mass is 239 g/mol. The number of benzene rings is 1. The first-order valence-corrected chi connectivity index (χ1v) is 5.67. The zero-order valence-electron chi connectivity index (χ0n) is 10.2. The van der Waals surface area contributed by atoms with Gasteiger partial charge in [0.25, 0.3) is 0 Å². The van der Waals surface area contributed by atoms with Gasteiger partial charge in [-0.05, 0) is 30.2 Å². The molecule has 1 atom stereocenters. The Kier molecular flexibility index (Phi) is 5.23. The fraction of sp³-hybridized carbons (Fsp3) is 0.357. The number of ether oxygens (including phenoxy) is 1. The second-order valence-corrected chi connectivity index (χ2v) is 3.78. The van der Waals surface area contributed by atoms with Crippen molar-refractivity contribution in [1.29, 1.82) is 15.8 Å². The molecule has 4 nitrogen and oxygen atoms in total. The molecule has 1 rings (SSSR count). The summed E-state index contributed by atoms with van der Waals surface area (Å²) in [5, 5.41) is 26.3. The molecule has 4 heteroatoms. The van der Waals surface area contributed by atoms with Gasteiger partial charge in [-0.2, -0.15) is 15.8 Å². The molecule has 90 valence electrons. The number of rotatable bonds is 5. The standard InChI is InChI=1S/C14H13N3O/c1-2-12(5-6-15)13-9-11(10-17)3-4-14(13)18-8-7-16/h3-4,9,12H,2,5,8H2,1H3. The van der Waals surface area contributed by atoms with Crippen LogP contribution < -0.4 is 4.74 Å². The van der Waals surface area contributed by atoms with E-state index in [2.05, 4.69) is 12.1 Å². The maximum Gasteiger partial charge on any atom is 0.174 e. The molecular weight excluding hydrogens is 226 g/mol. The molecule has 0 bridgehead atoms. The van der Waals surface area contributed by atoms with E-state index in [1.807, 2.05) is 13.0 Å². The zero-order valence-corrected chi connectivity index (χ0v) is 10.2. The van der Waals surface area contributed by atoms with Crippen molar-refractivity contribution in [3.63, 3.8) is 0 Å². The summed E-state index contributed by atoms with van der Waals surface area (Å²) in [5.41, 5.74) is 1.36. The molecule has 0 aliphatic heterocycles. The second-order valence-electron chi connectivity index (χ2n) is 3.78. The Morgan fingerprint density at radius 1 is 1.22 bits per heavy atom. The van der Waals surface area contributed by atoms with Crippen LogP contribution in [0.15, 0.2) is 18.2 Å². The van der Waals surface area contributed by atoms with Crippen molar-refractivity contribution in [2.75, 3.05) is 6.61 Å². The van der Waals surface area contributed by atoms with Crippen molar-refractivity contribution in [1.82, 2.24) is 0 Å². The van der Waals surface area contributed by atoms with Gasteiger partial charge < -0.3 is 4.74 Å². The first-order valence-electron chi connectivity index (χ1n) is 5.67. The van der Waals surface area contributed by atoms with E-state index in [0.717, 1.165) is 12.0 Å². The Morgan fingerprint density at radius 3 is 2.56 bits per heavy atom. The van der Waals surface area contributed by atoms with E-state index in [1.54, 1.807) is 18.2 Å². The average Bonchev–Trinajstić information content (AvgIpc) is 2.42. The van der Waals surface area contributed by atoms with Crippen LogP contribution in [0.3, 0.4) is 0 Å². The lowest BCUT2D eigenvalue weighted by atomic mass is 9.92. The molecule has 0 saturated carbocycles. The molecule has 0 aromatic heterocycles. The van der Waals surface area contributed by atoms with Crippen LogP contribution in [0.2, 0.25) is 0 Å². The Balaban J connectivity index is 3.15. The Hall–Kier alpha value is -2.51. The molecule has 1 unspecified atom stereocenters. The van der Waals surface area contributed by atoms with Gasteiger partial charge in [0.05, 0.1) is 17.7 Å². The summed E-state index contributed by atoms with van der Waals surface area (Å²) in [6.07, 6.45) is 1.15. The van der Waals surface area contributed by atoms with Crippen LogP contribution in [0.1, 0.15) is 36.8 Å². The molecule has 0 fully saturated rings. The third-order valence-electron chi connectivity index (χ3n) is 2.70. The van der Waals surface area contributed by atoms with E-state index in [9.17, 15) is 0 Å². The van der Waals surface area contributed by atoms with E-state index < -0.39 is 0 Å². The quantitative estimate of drug-likeness (QED) is 0.791. The van der Waals surface area contributed by atoms with Crippen molar-refractivity contribution in [3.05, 3.63) is 29.3 Å². The minimum Gasteiger partial charge on any atom is -0.478 e. The average molecular weight is 239 g/mol. The van der Waals surface area contributed by atoms with Gasteiger partial charge in [0.2, 0.25) is 0 Å². The van der Waals surface area contributed by atoms with Crippen LogP contribution >= 0.6 is 0 Å². The summed E-state index contributed by atoms with van der Waals surface area (Å²) < 4.78 is 5.33. The predicted molar refractivity (Wildman–Crippen MR) is 65.5 cm³/mol. The van der Waals surface area contributed by atoms with Crippen LogP contribution in [0.25, 0.3) is 0 Å². The van der Waals surface area contributed by atoms with Crippen LogP contribution in [0.5, 0.6) is 5.75 Å². The van der Waals surface area contributed by atoms with Gasteiger partial charge in [0, 0.05) is 12.3 Å². The zero-order chi connectivity index (χ0) is 13.4. The molecular formula is C14H13N3O. The van der Waals surface area contributed by atoms with Gasteiger partial charge in [-0.25, -0.2) is 0 Å². The molecule has 0 heterocycles. The highest BCUT2D eigenvalue weighted by molar-refractivity contribution is 5.44. The lowest BCUT2D eigenvalue weighted by Gasteiger charge is -2.16. The summed E-state index contributed by atoms with van der Waals surface area (Å²) >= 11 is 0. The van der Waals surface area contributed by atoms with E-state index in [1.165, 1.54) is 0 Å². The molecule has 0 radical (unpaired) electrons. The maximum atomic E-state index is 8.91. The highest BCUT2D eigenvalue weighted by Gasteiger charge is 2.15. The van der Waals surface area contributed by atoms with E-state index in [4.69, 9.17) is 20.5 Å². The minimum atomic E-state index is -0.0398. The van der Waals surface area contributed by atoms with Gasteiger partial charge >= 0.3 is 0 Å². The Morgan fingerprint density at radius 2 is 2.00 bits per heavy atom. The van der Waals surface area contributed by atoms with E-state index >= 15 is 0 Å². The van der Waals surface area contributed by atoms with Crippen molar-refractivity contribution in [2.45, 2.75) is 25.7 Å². The second kappa shape index (κ2) is 6.94. The Labute approximate surface area is 107 Å². The summed E-state index contributed by atoms with van der Waals surface area (Å²) in [7, 11) is 0. The summed E-state index contributed by atoms with van der Waals surface area (Å²) in [4.78, 5) is 0. The van der Waals surface area contributed by atoms with Crippen molar-refractivity contribution < 1.29 is 4.74 Å². The van der Waals surface area contributed by atoms with Crippen LogP contribution in [0.4, 0.5) is 0 Å². The lowest BCUT2D eigenvalue weighted by Crippen LogP contribution is -2.03. The number of hydrogen-bond acceptors (Lipinski definition) is 4. The van der Waals surface area contributed by atoms with Crippen molar-refractivity contribution >= 4 is 0 Å². The molecule has 0 amide bonds. The first-order chi connectivity index (χ1) is 8.76. The van der Waals surface area contributed by atoms with E-state index in [0.29, 0.717) is 17.7 Å². The van der Waals surface area contributed by atoms with Gasteiger partial charge in [-0.1, -0.05) is 6.92 Å². The molecule has 0 N–H and O–H groups in total. The molecule has 1 aromatic carbocycles. The van der Waals surface area contributed by atoms with Crippen molar-refractivity contribution in [3.8, 4) is 24.0 Å². The van der Waals surface area contributed by atoms with Crippen molar-refractivity contribution in [2.24, 2.45) is 0 Å². The highest BCUT2D eigenvalue weighted by Crippen LogP contribution is 2.32. The third-order valence-corrected chi connectivity index (χ3v) is 2.70. The molecule has 0 spiro atoms. The smallest absolute Gasteiger partial charge is 0.174 e. The molecule has 0 aliphatic rings. The fourth-order valence-electron chi connectivity index (χ4n) is 1.76. The summed E-state index contributed by atoms with van der Waals surface area (Å²) in [6, 6.07) is 11.2. The molecule has 1 aromatic rings. The first kappa shape index (κ1) is 13.6. The predicted octanol–water partition coefficient (Wildman–Crippen LogP) is 2.87. The summed E-state index contributed by atoms with van der Waals surface area (Å²) in [5.74, 6) is 0.606. The third kappa shape index (κ3) is 3.24. The number of nitriles is 3. The van der Waals surface area contributed by atoms with Gasteiger partial charge in [0.1, 0.15) is 11.8 Å². The van der Waals surface area contributed by atoms with Gasteiger partial charge in [-0.15, -0.1) is 0 Å². The summed E-state index contributed by atoms with van der Waals surface area (Å²) in [6.45, 7) is 1.94. The van der Waals surface area contributed by atoms with Gasteiger partial charge in [-0.3, -0.25) is 0 Å². The number of hydrogen-bond donors (Lipinski definition) is 0. The largest absolute Gasteiger partial charge is 0.478 e. The topological polar surface area (TPSA) is 80.6 Å². The fourth-order valence-corrected chi connectivity index (χ4v) is 1.76. The number of nitrogens with zero attached hydrogens (tertiary/aromatic N) is 3. The Bertz CT molecular complexity index is 531. The normalized spacial score (nSPS) is 10.8. The molecule has 18 heavy (non-hydrogen) atoms. The minimum absolute atomic E-state index is 0.0250.